The van der Waals surface area contributed by atoms with Crippen LogP contribution in [0.5, 0.6) is 0 Å². The Bertz CT molecular complexity index is 366. The molecule has 4 nitrogen and oxygen atoms in total. The Kier molecular flexibility index (Phi) is 3.35. The highest BCUT2D eigenvalue weighted by Crippen LogP contribution is 2.25. The third-order valence-corrected chi connectivity index (χ3v) is 2.55. The molecule has 0 saturated heterocycles. The van der Waals surface area contributed by atoms with Crippen LogP contribution in [0.15, 0.2) is 16.6 Å². The van der Waals surface area contributed by atoms with Crippen LogP contribution in [0.25, 0.3) is 0 Å². The molecule has 0 radical (unpaired) electrons. The van der Waals surface area contributed by atoms with E-state index >= 15 is 0 Å². The minimum absolute atomic E-state index is 0.182. The summed E-state index contributed by atoms with van der Waals surface area (Å²) < 4.78 is 5.31. The molecule has 0 atom stereocenters. The average molecular weight is 259 g/mol. The number of ether oxygens (including phenoxy) is 1. The minimum Gasteiger partial charge on any atom is -0.469 e. The third kappa shape index (κ3) is 2.38. The molecule has 1 aromatic rings. The van der Waals surface area contributed by atoms with E-state index in [1.54, 1.807) is 12.1 Å². The molecule has 76 valence electrons. The quantitative estimate of drug-likeness (QED) is 0.620. The van der Waals surface area contributed by atoms with Crippen molar-refractivity contribution in [1.29, 1.82) is 0 Å². The first-order chi connectivity index (χ1) is 6.54. The summed E-state index contributed by atoms with van der Waals surface area (Å²) in [7, 11) is 1.34. The highest BCUT2D eigenvalue weighted by Gasteiger charge is 2.08. The number of benzene rings is 1. The van der Waals surface area contributed by atoms with Crippen LogP contribution in [0.4, 0.5) is 11.4 Å². The van der Waals surface area contributed by atoms with E-state index in [4.69, 9.17) is 11.5 Å². The number of nitrogen functional groups attached to an aromatic ring is 2. The highest BCUT2D eigenvalue weighted by molar-refractivity contribution is 9.10. The van der Waals surface area contributed by atoms with Gasteiger partial charge in [0.05, 0.1) is 24.9 Å². The van der Waals surface area contributed by atoms with Crippen molar-refractivity contribution >= 4 is 33.3 Å². The smallest absolute Gasteiger partial charge is 0.310 e. The van der Waals surface area contributed by atoms with E-state index in [9.17, 15) is 4.79 Å². The van der Waals surface area contributed by atoms with Crippen molar-refractivity contribution in [3.05, 3.63) is 22.2 Å². The molecule has 0 saturated carbocycles. The maximum Gasteiger partial charge on any atom is 0.310 e. The number of halogens is 1. The second-order valence-electron chi connectivity index (χ2n) is 2.83. The first-order valence-electron chi connectivity index (χ1n) is 3.94. The number of carbonyl (C=O) groups is 1. The predicted molar refractivity (Wildman–Crippen MR) is 58.7 cm³/mol. The normalized spacial score (nSPS) is 9.86. The molecule has 5 heteroatoms. The van der Waals surface area contributed by atoms with Crippen molar-refractivity contribution in [3.8, 4) is 0 Å². The van der Waals surface area contributed by atoms with E-state index in [0.717, 1.165) is 10.0 Å². The number of hydrogen-bond acceptors (Lipinski definition) is 4. The topological polar surface area (TPSA) is 78.3 Å². The highest BCUT2D eigenvalue weighted by atomic mass is 79.9. The van der Waals surface area contributed by atoms with Gasteiger partial charge in [0.1, 0.15) is 0 Å². The molecular formula is C9H11BrN2O2. The molecule has 1 aromatic carbocycles. The van der Waals surface area contributed by atoms with Crippen LogP contribution in [-0.2, 0) is 16.0 Å². The van der Waals surface area contributed by atoms with Gasteiger partial charge >= 0.3 is 5.97 Å². The Labute approximate surface area is 90.3 Å². The Hall–Kier alpha value is -1.23. The van der Waals surface area contributed by atoms with Crippen LogP contribution in [-0.4, -0.2) is 13.1 Å². The van der Waals surface area contributed by atoms with Crippen molar-refractivity contribution in [2.75, 3.05) is 18.6 Å². The van der Waals surface area contributed by atoms with Crippen molar-refractivity contribution in [3.63, 3.8) is 0 Å². The number of anilines is 2. The summed E-state index contributed by atoms with van der Waals surface area (Å²) in [4.78, 5) is 11.0. The second-order valence-corrected chi connectivity index (χ2v) is 3.68. The standard InChI is InChI=1S/C9H11BrN2O2/c1-14-9(13)3-5-2-7(11)8(12)4-6(5)10/h2,4H,3,11-12H2,1H3. The van der Waals surface area contributed by atoms with Gasteiger partial charge in [-0.1, -0.05) is 15.9 Å². The van der Waals surface area contributed by atoms with E-state index < -0.39 is 0 Å². The Morgan fingerprint density at radius 3 is 2.57 bits per heavy atom. The summed E-state index contributed by atoms with van der Waals surface area (Å²) in [5.41, 5.74) is 12.9. The number of methoxy groups -OCH3 is 1. The molecule has 0 fully saturated rings. The Morgan fingerprint density at radius 1 is 1.43 bits per heavy atom. The van der Waals surface area contributed by atoms with Crippen molar-refractivity contribution in [2.45, 2.75) is 6.42 Å². The minimum atomic E-state index is -0.310. The van der Waals surface area contributed by atoms with Crippen molar-refractivity contribution in [2.24, 2.45) is 0 Å². The largest absolute Gasteiger partial charge is 0.469 e. The van der Waals surface area contributed by atoms with E-state index in [0.29, 0.717) is 11.4 Å². The fraction of sp³-hybridized carbons (Fsp3) is 0.222. The molecule has 0 amide bonds. The molecule has 4 N–H and O–H groups in total. The number of carbonyl (C=O) groups excluding carboxylic acids is 1. The molecular weight excluding hydrogens is 248 g/mol. The lowest BCUT2D eigenvalue weighted by Crippen LogP contribution is -2.06. The lowest BCUT2D eigenvalue weighted by molar-refractivity contribution is -0.139. The van der Waals surface area contributed by atoms with E-state index in [1.807, 2.05) is 0 Å². The molecule has 0 heterocycles. The molecule has 0 bridgehead atoms. The average Bonchev–Trinajstić information content (AvgIpc) is 2.14. The molecule has 1 rings (SSSR count). The van der Waals surface area contributed by atoms with E-state index in [1.165, 1.54) is 7.11 Å². The zero-order valence-corrected chi connectivity index (χ0v) is 9.30. The Morgan fingerprint density at radius 2 is 2.00 bits per heavy atom. The molecule has 0 spiro atoms. The van der Waals surface area contributed by atoms with Gasteiger partial charge < -0.3 is 16.2 Å². The molecule has 0 aromatic heterocycles. The van der Waals surface area contributed by atoms with Gasteiger partial charge in [0.2, 0.25) is 0 Å². The van der Waals surface area contributed by atoms with Gasteiger partial charge in [-0.05, 0) is 17.7 Å². The van der Waals surface area contributed by atoms with Gasteiger partial charge in [0, 0.05) is 4.47 Å². The van der Waals surface area contributed by atoms with Crippen LogP contribution in [0, 0.1) is 0 Å². The lowest BCUT2D eigenvalue weighted by atomic mass is 10.1. The second kappa shape index (κ2) is 4.32. The van der Waals surface area contributed by atoms with Crippen LogP contribution in [0.1, 0.15) is 5.56 Å². The molecule has 0 aliphatic carbocycles. The number of rotatable bonds is 2. The molecule has 0 aliphatic rings. The summed E-state index contributed by atoms with van der Waals surface area (Å²) in [6.45, 7) is 0. The first kappa shape index (κ1) is 10.8. The summed E-state index contributed by atoms with van der Waals surface area (Å²) in [6, 6.07) is 3.34. The van der Waals surface area contributed by atoms with Crippen LogP contribution in [0.2, 0.25) is 0 Å². The van der Waals surface area contributed by atoms with Crippen molar-refractivity contribution < 1.29 is 9.53 Å². The summed E-state index contributed by atoms with van der Waals surface area (Å²) in [5, 5.41) is 0. The van der Waals surface area contributed by atoms with Gasteiger partial charge in [-0.25, -0.2) is 0 Å². The molecule has 0 aliphatic heterocycles. The lowest BCUT2D eigenvalue weighted by Gasteiger charge is -2.06. The summed E-state index contributed by atoms with van der Waals surface area (Å²) in [5.74, 6) is -0.310. The van der Waals surface area contributed by atoms with Crippen LogP contribution >= 0.6 is 15.9 Å². The van der Waals surface area contributed by atoms with E-state index in [2.05, 4.69) is 20.7 Å². The SMILES string of the molecule is COC(=O)Cc1cc(N)c(N)cc1Br. The fourth-order valence-electron chi connectivity index (χ4n) is 1.02. The maximum absolute atomic E-state index is 11.0. The van der Waals surface area contributed by atoms with Crippen molar-refractivity contribution in [1.82, 2.24) is 0 Å². The zero-order chi connectivity index (χ0) is 10.7. The maximum atomic E-state index is 11.0. The Balaban J connectivity index is 2.98. The molecule has 0 unspecified atom stereocenters. The number of esters is 1. The number of hydrogen-bond donors (Lipinski definition) is 2. The summed E-state index contributed by atoms with van der Waals surface area (Å²) in [6.07, 6.45) is 0.182. The number of nitrogens with two attached hydrogens (primary N) is 2. The van der Waals surface area contributed by atoms with Gasteiger partial charge in [-0.3, -0.25) is 4.79 Å². The fourth-order valence-corrected chi connectivity index (χ4v) is 1.52. The van der Waals surface area contributed by atoms with Gasteiger partial charge in [-0.15, -0.1) is 0 Å². The van der Waals surface area contributed by atoms with Gasteiger partial charge in [-0.2, -0.15) is 0 Å². The molecule has 14 heavy (non-hydrogen) atoms. The zero-order valence-electron chi connectivity index (χ0n) is 7.71. The summed E-state index contributed by atoms with van der Waals surface area (Å²) >= 11 is 3.30. The van der Waals surface area contributed by atoms with Gasteiger partial charge in [0.15, 0.2) is 0 Å². The van der Waals surface area contributed by atoms with Crippen LogP contribution in [0.3, 0.4) is 0 Å². The van der Waals surface area contributed by atoms with Crippen LogP contribution < -0.4 is 11.5 Å². The van der Waals surface area contributed by atoms with Gasteiger partial charge in [0.25, 0.3) is 0 Å². The third-order valence-electron chi connectivity index (χ3n) is 1.81. The monoisotopic (exact) mass is 258 g/mol. The predicted octanol–water partition coefficient (Wildman–Crippen LogP) is 1.33. The van der Waals surface area contributed by atoms with E-state index in [-0.39, 0.29) is 12.4 Å². The first-order valence-corrected chi connectivity index (χ1v) is 4.74.